The summed E-state index contributed by atoms with van der Waals surface area (Å²) in [4.78, 5) is 18.7. The molecule has 0 atom stereocenters. The van der Waals surface area contributed by atoms with Crippen molar-refractivity contribution in [3.8, 4) is 0 Å². The molecule has 1 aromatic rings. The van der Waals surface area contributed by atoms with Gasteiger partial charge in [-0.15, -0.1) is 0 Å². The van der Waals surface area contributed by atoms with Gasteiger partial charge >= 0.3 is 0 Å². The van der Waals surface area contributed by atoms with Crippen LogP contribution in [0, 0.1) is 0 Å². The first-order valence-electron chi connectivity index (χ1n) is 7.25. The highest BCUT2D eigenvalue weighted by molar-refractivity contribution is 6.33. The van der Waals surface area contributed by atoms with Crippen molar-refractivity contribution >= 4 is 23.3 Å². The number of carbonyl (C=O) groups excluding carboxylic acids is 1. The topological polar surface area (TPSA) is 45.2 Å². The monoisotopic (exact) mass is 295 g/mol. The number of nitrogens with one attached hydrogen (secondary N) is 1. The van der Waals surface area contributed by atoms with Gasteiger partial charge in [-0.2, -0.15) is 0 Å². The van der Waals surface area contributed by atoms with Crippen molar-refractivity contribution in [2.24, 2.45) is 0 Å². The fourth-order valence-electron chi connectivity index (χ4n) is 2.71. The molecule has 110 valence electrons. The summed E-state index contributed by atoms with van der Waals surface area (Å²) in [6.45, 7) is 0. The van der Waals surface area contributed by atoms with Gasteiger partial charge in [-0.1, -0.05) is 37.3 Å². The number of hydrogen-bond acceptors (Lipinski definition) is 3. The van der Waals surface area contributed by atoms with Gasteiger partial charge in [0.2, 0.25) is 0 Å². The zero-order chi connectivity index (χ0) is 14.5. The van der Waals surface area contributed by atoms with E-state index in [0.717, 1.165) is 12.8 Å². The number of nitrogens with zero attached hydrogens (tertiary/aromatic N) is 2. The highest BCUT2D eigenvalue weighted by Gasteiger charge is 2.24. The van der Waals surface area contributed by atoms with Crippen molar-refractivity contribution < 1.29 is 4.79 Å². The molecule has 1 heterocycles. The largest absolute Gasteiger partial charge is 0.373 e. The molecule has 1 N–H and O–H groups in total. The van der Waals surface area contributed by atoms with E-state index in [4.69, 9.17) is 11.6 Å². The molecule has 1 aliphatic rings. The van der Waals surface area contributed by atoms with Gasteiger partial charge < -0.3 is 10.2 Å². The lowest BCUT2D eigenvalue weighted by molar-refractivity contribution is 0.0712. The number of aromatic nitrogens is 1. The van der Waals surface area contributed by atoms with E-state index in [-0.39, 0.29) is 5.91 Å². The number of anilines is 1. The lowest BCUT2D eigenvalue weighted by atomic mass is 10.1. The van der Waals surface area contributed by atoms with Crippen LogP contribution in [0.1, 0.15) is 49.0 Å². The Morgan fingerprint density at radius 2 is 1.95 bits per heavy atom. The molecule has 1 aliphatic carbocycles. The second kappa shape index (κ2) is 6.93. The molecule has 0 aliphatic heterocycles. The Morgan fingerprint density at radius 1 is 1.30 bits per heavy atom. The zero-order valence-corrected chi connectivity index (χ0v) is 12.9. The highest BCUT2D eigenvalue weighted by Crippen LogP contribution is 2.24. The van der Waals surface area contributed by atoms with Crippen LogP contribution in [0.3, 0.4) is 0 Å². The van der Waals surface area contributed by atoms with Crippen LogP contribution in [0.15, 0.2) is 12.1 Å². The summed E-state index contributed by atoms with van der Waals surface area (Å²) in [6.07, 6.45) is 7.08. The van der Waals surface area contributed by atoms with E-state index in [9.17, 15) is 4.79 Å². The van der Waals surface area contributed by atoms with Crippen LogP contribution in [0.4, 0.5) is 5.82 Å². The maximum atomic E-state index is 12.6. The number of pyridine rings is 1. The second-order valence-electron chi connectivity index (χ2n) is 5.34. The van der Waals surface area contributed by atoms with E-state index in [1.54, 1.807) is 19.2 Å². The van der Waals surface area contributed by atoms with E-state index < -0.39 is 0 Å². The summed E-state index contributed by atoms with van der Waals surface area (Å²) in [5.41, 5.74) is 0.338. The van der Waals surface area contributed by atoms with Gasteiger partial charge in [-0.05, 0) is 25.0 Å². The molecule has 1 aromatic heterocycles. The van der Waals surface area contributed by atoms with Crippen molar-refractivity contribution in [3.63, 3.8) is 0 Å². The maximum absolute atomic E-state index is 12.6. The van der Waals surface area contributed by atoms with E-state index in [2.05, 4.69) is 10.3 Å². The fraction of sp³-hybridized carbons (Fsp3) is 0.600. The number of amides is 1. The van der Waals surface area contributed by atoms with Crippen LogP contribution in [0.25, 0.3) is 0 Å². The van der Waals surface area contributed by atoms with Crippen LogP contribution in [-0.2, 0) is 0 Å². The molecule has 0 bridgehead atoms. The smallest absolute Gasteiger partial charge is 0.274 e. The Labute approximate surface area is 125 Å². The van der Waals surface area contributed by atoms with Crippen molar-refractivity contribution in [1.82, 2.24) is 9.88 Å². The van der Waals surface area contributed by atoms with Crippen molar-refractivity contribution in [1.29, 1.82) is 0 Å². The van der Waals surface area contributed by atoms with Gasteiger partial charge in [0.05, 0.1) is 5.02 Å². The quantitative estimate of drug-likeness (QED) is 0.867. The summed E-state index contributed by atoms with van der Waals surface area (Å²) in [5.74, 6) is 0.575. The van der Waals surface area contributed by atoms with Crippen LogP contribution >= 0.6 is 11.6 Å². The number of halogens is 1. The Balaban J connectivity index is 2.16. The predicted octanol–water partition coefficient (Wildman–Crippen LogP) is 3.57. The first kappa shape index (κ1) is 15.1. The van der Waals surface area contributed by atoms with Crippen LogP contribution in [0.5, 0.6) is 0 Å². The fourth-order valence-corrected chi connectivity index (χ4v) is 2.90. The molecule has 0 unspecified atom stereocenters. The van der Waals surface area contributed by atoms with Crippen LogP contribution in [-0.4, -0.2) is 35.9 Å². The Bertz CT molecular complexity index is 470. The molecule has 4 nitrogen and oxygen atoms in total. The summed E-state index contributed by atoms with van der Waals surface area (Å²) in [7, 11) is 3.64. The van der Waals surface area contributed by atoms with Crippen LogP contribution < -0.4 is 5.32 Å². The van der Waals surface area contributed by atoms with E-state index >= 15 is 0 Å². The Hall–Kier alpha value is -1.29. The molecule has 0 spiro atoms. The standard InChI is InChI=1S/C15H22ClN3O/c1-17-13-10-9-12(16)14(18-13)15(20)19(2)11-7-5-3-4-6-8-11/h9-11H,3-8H2,1-2H3,(H,17,18). The normalized spacial score (nSPS) is 16.6. The molecule has 1 fully saturated rings. The van der Waals surface area contributed by atoms with Crippen molar-refractivity contribution in [2.75, 3.05) is 19.4 Å². The molecule has 1 amide bonds. The molecule has 1 saturated carbocycles. The van der Waals surface area contributed by atoms with Gasteiger partial charge in [0.15, 0.2) is 0 Å². The lowest BCUT2D eigenvalue weighted by Gasteiger charge is -2.27. The third-order valence-electron chi connectivity index (χ3n) is 4.00. The molecule has 2 rings (SSSR count). The molecule has 0 aromatic carbocycles. The van der Waals surface area contributed by atoms with Gasteiger partial charge in [0, 0.05) is 20.1 Å². The van der Waals surface area contributed by atoms with E-state index in [0.29, 0.717) is 22.6 Å². The van der Waals surface area contributed by atoms with E-state index in [1.165, 1.54) is 25.7 Å². The van der Waals surface area contributed by atoms with Gasteiger partial charge in [0.25, 0.3) is 5.91 Å². The number of carbonyl (C=O) groups is 1. The molecular weight excluding hydrogens is 274 g/mol. The SMILES string of the molecule is CNc1ccc(Cl)c(C(=O)N(C)C2CCCCCC2)n1. The molecular formula is C15H22ClN3O. The van der Waals surface area contributed by atoms with Gasteiger partial charge in [-0.3, -0.25) is 4.79 Å². The Kier molecular flexibility index (Phi) is 5.24. The zero-order valence-electron chi connectivity index (χ0n) is 12.2. The van der Waals surface area contributed by atoms with Crippen molar-refractivity contribution in [3.05, 3.63) is 22.8 Å². The summed E-state index contributed by atoms with van der Waals surface area (Å²) in [5, 5.41) is 3.35. The maximum Gasteiger partial charge on any atom is 0.274 e. The van der Waals surface area contributed by atoms with Crippen LogP contribution in [0.2, 0.25) is 5.02 Å². The minimum atomic E-state index is -0.0843. The molecule has 0 saturated heterocycles. The highest BCUT2D eigenvalue weighted by atomic mass is 35.5. The Morgan fingerprint density at radius 3 is 2.55 bits per heavy atom. The summed E-state index contributed by atoms with van der Waals surface area (Å²) < 4.78 is 0. The van der Waals surface area contributed by atoms with E-state index in [1.807, 2.05) is 11.9 Å². The third-order valence-corrected chi connectivity index (χ3v) is 4.30. The number of rotatable bonds is 3. The predicted molar refractivity (Wildman–Crippen MR) is 82.4 cm³/mol. The average molecular weight is 296 g/mol. The molecule has 0 radical (unpaired) electrons. The summed E-state index contributed by atoms with van der Waals surface area (Å²) >= 11 is 6.13. The summed E-state index contributed by atoms with van der Waals surface area (Å²) in [6, 6.07) is 3.79. The molecule has 5 heteroatoms. The minimum Gasteiger partial charge on any atom is -0.373 e. The minimum absolute atomic E-state index is 0.0843. The van der Waals surface area contributed by atoms with Gasteiger partial charge in [0.1, 0.15) is 11.5 Å². The number of hydrogen-bond donors (Lipinski definition) is 1. The van der Waals surface area contributed by atoms with Gasteiger partial charge in [-0.25, -0.2) is 4.98 Å². The first-order valence-corrected chi connectivity index (χ1v) is 7.62. The van der Waals surface area contributed by atoms with Crippen molar-refractivity contribution in [2.45, 2.75) is 44.6 Å². The third kappa shape index (κ3) is 3.42. The first-order chi connectivity index (χ1) is 9.63. The second-order valence-corrected chi connectivity index (χ2v) is 5.75. The lowest BCUT2D eigenvalue weighted by Crippen LogP contribution is -2.37. The molecule has 20 heavy (non-hydrogen) atoms. The average Bonchev–Trinajstić information content (AvgIpc) is 2.75.